The first-order chi connectivity index (χ1) is 8.40. The van der Waals surface area contributed by atoms with Crippen molar-refractivity contribution in [3.63, 3.8) is 0 Å². The molecule has 0 amide bonds. The van der Waals surface area contributed by atoms with E-state index in [0.717, 1.165) is 12.0 Å². The Morgan fingerprint density at radius 3 is 1.94 bits per heavy atom. The van der Waals surface area contributed by atoms with Gasteiger partial charge in [-0.2, -0.15) is 0 Å². The van der Waals surface area contributed by atoms with Crippen LogP contribution in [-0.2, 0) is 8.85 Å². The number of hydrogen-bond donors (Lipinski definition) is 1. The second-order valence-corrected chi connectivity index (χ2v) is 7.92. The molecule has 0 aliphatic heterocycles. The number of rotatable bonds is 5. The predicted molar refractivity (Wildman–Crippen MR) is 81.5 cm³/mol. The summed E-state index contributed by atoms with van der Waals surface area (Å²) < 4.78 is 10.6. The molecule has 1 N–H and O–H groups in total. The van der Waals surface area contributed by atoms with Crippen LogP contribution in [0.15, 0.2) is 4.99 Å². The number of aliphatic imine (C=N–C) groups is 1. The summed E-state index contributed by atoms with van der Waals surface area (Å²) in [5, 5.41) is 2.93. The Morgan fingerprint density at radius 2 is 1.78 bits per heavy atom. The molecule has 5 nitrogen and oxygen atoms in total. The average molecular weight is 277 g/mol. The van der Waals surface area contributed by atoms with Crippen molar-refractivity contribution >= 4 is 14.5 Å². The summed E-state index contributed by atoms with van der Waals surface area (Å²) in [6, 6.07) is 1.11. The fourth-order valence-corrected chi connectivity index (χ4v) is 2.89. The van der Waals surface area contributed by atoms with Crippen LogP contribution in [0.25, 0.3) is 0 Å². The maximum atomic E-state index is 5.31. The van der Waals surface area contributed by atoms with Crippen molar-refractivity contribution in [1.29, 1.82) is 0 Å². The highest BCUT2D eigenvalue weighted by Gasteiger charge is 2.27. The summed E-state index contributed by atoms with van der Waals surface area (Å²) in [4.78, 5) is 5.85. The van der Waals surface area contributed by atoms with Crippen LogP contribution < -0.4 is 5.32 Å². The fourth-order valence-electron chi connectivity index (χ4n) is 1.32. The van der Waals surface area contributed by atoms with Gasteiger partial charge in [0, 0.05) is 42.4 Å². The lowest BCUT2D eigenvalue weighted by Crippen LogP contribution is -2.35. The van der Waals surface area contributed by atoms with Crippen molar-refractivity contribution in [3.8, 4) is 0 Å². The zero-order chi connectivity index (χ0) is 14.6. The third-order valence-electron chi connectivity index (χ3n) is 2.71. The van der Waals surface area contributed by atoms with Crippen LogP contribution >= 0.6 is 0 Å². The first-order valence-electron chi connectivity index (χ1n) is 6.32. The van der Waals surface area contributed by atoms with Crippen LogP contribution in [0, 0.1) is 0 Å². The highest BCUT2D eigenvalue weighted by molar-refractivity contribution is 6.65. The molecule has 0 aromatic rings. The van der Waals surface area contributed by atoms with Gasteiger partial charge < -0.3 is 19.1 Å². The standard InChI is InChI=1S/C7H18O2Si.C5H13N3/c1-5-6-7-10(4,8-2)9-3;1-6-5(7-2)8(3)4/h5-7H2,1-4H3;1-4H3,(H,6,7). The summed E-state index contributed by atoms with van der Waals surface area (Å²) in [6.45, 7) is 4.28. The molecular weight excluding hydrogens is 246 g/mol. The van der Waals surface area contributed by atoms with E-state index < -0.39 is 8.56 Å². The quantitative estimate of drug-likeness (QED) is 0.474. The molecule has 0 saturated carbocycles. The number of unbranched alkanes of at least 4 members (excludes halogenated alkanes) is 1. The van der Waals surface area contributed by atoms with E-state index in [9.17, 15) is 0 Å². The monoisotopic (exact) mass is 277 g/mol. The number of nitrogens with one attached hydrogen (secondary N) is 1. The second kappa shape index (κ2) is 11.5. The Hall–Kier alpha value is -0.593. The largest absolute Gasteiger partial charge is 0.398 e. The lowest BCUT2D eigenvalue weighted by atomic mass is 10.4. The molecule has 0 rings (SSSR count). The molecule has 0 bridgehead atoms. The van der Waals surface area contributed by atoms with Gasteiger partial charge in [0.05, 0.1) is 0 Å². The van der Waals surface area contributed by atoms with Crippen LogP contribution in [0.3, 0.4) is 0 Å². The van der Waals surface area contributed by atoms with Crippen molar-refractivity contribution in [3.05, 3.63) is 0 Å². The Kier molecular flexibility index (Phi) is 12.6. The molecule has 0 heterocycles. The Labute approximate surface area is 114 Å². The summed E-state index contributed by atoms with van der Waals surface area (Å²) in [5.41, 5.74) is 0. The lowest BCUT2D eigenvalue weighted by Gasteiger charge is -2.21. The maximum Gasteiger partial charge on any atom is 0.334 e. The maximum absolute atomic E-state index is 5.31. The minimum Gasteiger partial charge on any atom is -0.398 e. The highest BCUT2D eigenvalue weighted by atomic mass is 28.4. The van der Waals surface area contributed by atoms with Gasteiger partial charge in [-0.3, -0.25) is 4.99 Å². The highest BCUT2D eigenvalue weighted by Crippen LogP contribution is 2.14. The number of hydrogen-bond acceptors (Lipinski definition) is 3. The molecule has 6 heteroatoms. The van der Waals surface area contributed by atoms with Crippen LogP contribution in [0.5, 0.6) is 0 Å². The zero-order valence-corrected chi connectivity index (χ0v) is 14.3. The molecule has 18 heavy (non-hydrogen) atoms. The third kappa shape index (κ3) is 9.44. The summed E-state index contributed by atoms with van der Waals surface area (Å²) in [5.74, 6) is 0.894. The van der Waals surface area contributed by atoms with Crippen LogP contribution in [-0.4, -0.2) is 61.8 Å². The van der Waals surface area contributed by atoms with Gasteiger partial charge in [-0.05, 0) is 12.6 Å². The smallest absolute Gasteiger partial charge is 0.334 e. The summed E-state index contributed by atoms with van der Waals surface area (Å²) >= 11 is 0. The topological polar surface area (TPSA) is 46.1 Å². The molecule has 110 valence electrons. The van der Waals surface area contributed by atoms with E-state index >= 15 is 0 Å². The molecule has 0 aromatic heterocycles. The van der Waals surface area contributed by atoms with Gasteiger partial charge in [0.25, 0.3) is 0 Å². The minimum atomic E-state index is -1.72. The zero-order valence-electron chi connectivity index (χ0n) is 13.3. The molecule has 0 aliphatic carbocycles. The fraction of sp³-hybridized carbons (Fsp3) is 0.917. The van der Waals surface area contributed by atoms with E-state index in [2.05, 4.69) is 23.8 Å². The Balaban J connectivity index is 0. The predicted octanol–water partition coefficient (Wildman–Crippen LogP) is 1.90. The Morgan fingerprint density at radius 1 is 1.28 bits per heavy atom. The van der Waals surface area contributed by atoms with Gasteiger partial charge in [-0.1, -0.05) is 19.8 Å². The first-order valence-corrected chi connectivity index (χ1v) is 8.85. The van der Waals surface area contributed by atoms with Crippen molar-refractivity contribution in [2.45, 2.75) is 32.4 Å². The number of nitrogens with zero attached hydrogens (tertiary/aromatic N) is 2. The van der Waals surface area contributed by atoms with Crippen molar-refractivity contribution in [2.75, 3.05) is 42.4 Å². The third-order valence-corrected chi connectivity index (χ3v) is 5.70. The van der Waals surface area contributed by atoms with E-state index in [0.29, 0.717) is 0 Å². The number of guanidine groups is 1. The Bertz CT molecular complexity index is 219. The van der Waals surface area contributed by atoms with Crippen molar-refractivity contribution in [2.24, 2.45) is 4.99 Å². The van der Waals surface area contributed by atoms with E-state index in [1.807, 2.05) is 26.0 Å². The van der Waals surface area contributed by atoms with Crippen molar-refractivity contribution < 1.29 is 8.85 Å². The first kappa shape index (κ1) is 19.7. The van der Waals surface area contributed by atoms with E-state index in [4.69, 9.17) is 8.85 Å². The summed E-state index contributed by atoms with van der Waals surface area (Å²) in [6.07, 6.45) is 2.43. The van der Waals surface area contributed by atoms with Gasteiger partial charge in [-0.15, -0.1) is 0 Å². The van der Waals surface area contributed by atoms with Crippen LogP contribution in [0.4, 0.5) is 0 Å². The van der Waals surface area contributed by atoms with E-state index in [1.54, 1.807) is 21.3 Å². The molecule has 0 radical (unpaired) electrons. The molecule has 0 aliphatic rings. The van der Waals surface area contributed by atoms with Crippen LogP contribution in [0.1, 0.15) is 19.8 Å². The molecule has 0 spiro atoms. The molecule has 0 saturated heterocycles. The average Bonchev–Trinajstić information content (AvgIpc) is 2.38. The van der Waals surface area contributed by atoms with Gasteiger partial charge >= 0.3 is 8.56 Å². The lowest BCUT2D eigenvalue weighted by molar-refractivity contribution is 0.248. The molecule has 0 aromatic carbocycles. The second-order valence-electron chi connectivity index (χ2n) is 4.34. The van der Waals surface area contributed by atoms with E-state index in [-0.39, 0.29) is 0 Å². The molecule has 0 unspecified atom stereocenters. The van der Waals surface area contributed by atoms with E-state index in [1.165, 1.54) is 12.8 Å². The van der Waals surface area contributed by atoms with Crippen LogP contribution in [0.2, 0.25) is 12.6 Å². The van der Waals surface area contributed by atoms with Gasteiger partial charge in [0.15, 0.2) is 5.96 Å². The molecule has 0 atom stereocenters. The molecule has 0 fully saturated rings. The molecular formula is C12H31N3O2Si. The minimum absolute atomic E-state index is 0.894. The van der Waals surface area contributed by atoms with Gasteiger partial charge in [-0.25, -0.2) is 0 Å². The summed E-state index contributed by atoms with van der Waals surface area (Å²) in [7, 11) is 9.26. The van der Waals surface area contributed by atoms with Crippen molar-refractivity contribution in [1.82, 2.24) is 10.2 Å². The normalized spacial score (nSPS) is 11.7. The van der Waals surface area contributed by atoms with Gasteiger partial charge in [0.1, 0.15) is 0 Å². The SMILES string of the molecule is CCCC[Si](C)(OC)OC.CN=C(NC)N(C)C. The van der Waals surface area contributed by atoms with Gasteiger partial charge in [0.2, 0.25) is 0 Å².